The summed E-state index contributed by atoms with van der Waals surface area (Å²) >= 11 is 0. The number of hydrogen-bond donors (Lipinski definition) is 0. The predicted molar refractivity (Wildman–Crippen MR) is 306 cm³/mol. The van der Waals surface area contributed by atoms with E-state index in [-0.39, 0.29) is 5.92 Å². The number of hydrogen-bond acceptors (Lipinski definition) is 1. The van der Waals surface area contributed by atoms with Gasteiger partial charge in [0.15, 0.2) is 0 Å². The van der Waals surface area contributed by atoms with Crippen LogP contribution in [0.1, 0.15) is 44.9 Å². The molecule has 3 aliphatic rings. The minimum atomic E-state index is -0.452. The van der Waals surface area contributed by atoms with E-state index in [4.69, 9.17) is 4.98 Å². The van der Waals surface area contributed by atoms with Gasteiger partial charge in [0.05, 0.1) is 16.6 Å². The molecule has 1 nitrogen and oxygen atoms in total. The van der Waals surface area contributed by atoms with E-state index in [2.05, 4.69) is 255 Å². The van der Waals surface area contributed by atoms with Gasteiger partial charge in [0, 0.05) is 22.3 Å². The van der Waals surface area contributed by atoms with Crippen molar-refractivity contribution in [3.05, 3.63) is 288 Å². The zero-order chi connectivity index (χ0) is 47.8. The minimum Gasteiger partial charge on any atom is -0.247 e. The van der Waals surface area contributed by atoms with Gasteiger partial charge in [-0.3, -0.25) is 0 Å². The molecule has 73 heavy (non-hydrogen) atoms. The Morgan fingerprint density at radius 2 is 0.973 bits per heavy atom. The summed E-state index contributed by atoms with van der Waals surface area (Å²) in [6, 6.07) is 91.1. The third-order valence-corrected chi connectivity index (χ3v) is 16.8. The van der Waals surface area contributed by atoms with Crippen LogP contribution in [-0.4, -0.2) is 4.98 Å². The molecule has 0 fully saturated rings. The van der Waals surface area contributed by atoms with Crippen LogP contribution < -0.4 is 0 Å². The number of para-hydroxylation sites is 1. The molecule has 16 rings (SSSR count). The van der Waals surface area contributed by atoms with Gasteiger partial charge < -0.3 is 0 Å². The third-order valence-electron chi connectivity index (χ3n) is 16.8. The van der Waals surface area contributed by atoms with E-state index < -0.39 is 5.41 Å². The number of aromatic nitrogens is 1. The lowest BCUT2D eigenvalue weighted by molar-refractivity contribution is 0.795. The quantitative estimate of drug-likeness (QED) is 0.127. The Hall–Kier alpha value is -9.17. The van der Waals surface area contributed by atoms with E-state index in [1.807, 2.05) is 0 Å². The first-order valence-electron chi connectivity index (χ1n) is 25.7. The van der Waals surface area contributed by atoms with Crippen molar-refractivity contribution in [2.24, 2.45) is 0 Å². The van der Waals surface area contributed by atoms with Gasteiger partial charge in [-0.15, -0.1) is 0 Å². The summed E-state index contributed by atoms with van der Waals surface area (Å²) < 4.78 is 0. The standard InChI is InChI=1S/C72H45N/c1-3-18-46-38-50(34-32-44(46)16-1)69-57-26-5-6-27-58(57)70(51-35-33-45-17-2-4-19-47(45)39-51)62-41-49(36-37-59(62)69)48-20-15-21-52(40-48)71-63-43-67-61(42-60(63)56-25-10-14-31-68(56)73-71)55-24-9-13-30-66(55)72(67)64-28-11-7-22-53(64)54-23-8-12-29-65(54)72/h1-38,40-43,51H,39H2. The van der Waals surface area contributed by atoms with Gasteiger partial charge in [-0.2, -0.15) is 0 Å². The fourth-order valence-electron chi connectivity index (χ4n) is 13.7. The van der Waals surface area contributed by atoms with E-state index in [1.54, 1.807) is 0 Å². The van der Waals surface area contributed by atoms with Gasteiger partial charge in [-0.05, 0) is 164 Å². The molecule has 0 radical (unpaired) electrons. The zero-order valence-corrected chi connectivity index (χ0v) is 40.0. The minimum absolute atomic E-state index is 0.206. The maximum absolute atomic E-state index is 5.62. The zero-order valence-electron chi connectivity index (χ0n) is 40.0. The summed E-state index contributed by atoms with van der Waals surface area (Å²) in [5.74, 6) is 0.206. The molecule has 0 N–H and O–H groups in total. The summed E-state index contributed by atoms with van der Waals surface area (Å²) in [6.45, 7) is 0. The summed E-state index contributed by atoms with van der Waals surface area (Å²) in [6.07, 6.45) is 5.75. The third kappa shape index (κ3) is 5.76. The number of benzene rings is 12. The van der Waals surface area contributed by atoms with Crippen molar-refractivity contribution in [1.82, 2.24) is 4.98 Å². The molecule has 338 valence electrons. The second-order valence-electron chi connectivity index (χ2n) is 20.4. The maximum Gasteiger partial charge on any atom is 0.0788 e. The van der Waals surface area contributed by atoms with E-state index in [0.29, 0.717) is 0 Å². The van der Waals surface area contributed by atoms with Crippen molar-refractivity contribution in [2.45, 2.75) is 17.8 Å². The largest absolute Gasteiger partial charge is 0.247 e. The number of nitrogens with zero attached hydrogens (tertiary/aromatic N) is 1. The summed E-state index contributed by atoms with van der Waals surface area (Å²) in [5, 5.41) is 11.2. The second kappa shape index (κ2) is 15.4. The maximum atomic E-state index is 5.62. The van der Waals surface area contributed by atoms with Gasteiger partial charge in [-0.1, -0.05) is 218 Å². The van der Waals surface area contributed by atoms with Crippen molar-refractivity contribution in [1.29, 1.82) is 0 Å². The topological polar surface area (TPSA) is 12.9 Å². The fraction of sp³-hybridized carbons (Fsp3) is 0.0417. The van der Waals surface area contributed by atoms with Crippen molar-refractivity contribution in [2.75, 3.05) is 0 Å². The van der Waals surface area contributed by atoms with Gasteiger partial charge in [0.25, 0.3) is 0 Å². The molecule has 0 saturated carbocycles. The SMILES string of the molecule is C1=CC(c2c3ccccc3c(-c3ccc4ccccc4c3)c3ccc(-c4cccc(-c5nc6ccccc6c6cc7c(cc56)C5(c6ccccc6-c6ccccc65)c5ccccc5-7)c4)cc23)Cc2ccccc21. The molecule has 1 heteroatoms. The van der Waals surface area contributed by atoms with Crippen molar-refractivity contribution >= 4 is 60.1 Å². The van der Waals surface area contributed by atoms with Gasteiger partial charge in [0.2, 0.25) is 0 Å². The van der Waals surface area contributed by atoms with Crippen LogP contribution in [0.25, 0.3) is 116 Å². The first-order chi connectivity index (χ1) is 36.2. The molecule has 0 bridgehead atoms. The Balaban J connectivity index is 0.926. The van der Waals surface area contributed by atoms with E-state index in [1.165, 1.54) is 132 Å². The molecular formula is C72H45N. The molecule has 1 heterocycles. The molecule has 1 unspecified atom stereocenters. The Morgan fingerprint density at radius 3 is 1.78 bits per heavy atom. The van der Waals surface area contributed by atoms with Gasteiger partial charge >= 0.3 is 0 Å². The first kappa shape index (κ1) is 40.5. The number of allylic oxidation sites excluding steroid dienone is 1. The summed E-state index contributed by atoms with van der Waals surface area (Å²) in [4.78, 5) is 5.62. The Morgan fingerprint density at radius 1 is 0.356 bits per heavy atom. The Kier molecular flexibility index (Phi) is 8.56. The lowest BCUT2D eigenvalue weighted by atomic mass is 9.70. The van der Waals surface area contributed by atoms with Crippen LogP contribution in [0.15, 0.2) is 249 Å². The normalized spacial score (nSPS) is 14.7. The molecule has 13 aromatic rings. The Labute approximate surface area is 424 Å². The highest BCUT2D eigenvalue weighted by atomic mass is 14.7. The highest BCUT2D eigenvalue weighted by Crippen LogP contribution is 2.63. The second-order valence-corrected chi connectivity index (χ2v) is 20.4. The predicted octanol–water partition coefficient (Wildman–Crippen LogP) is 18.5. The molecular weight excluding hydrogens is 879 g/mol. The number of rotatable bonds is 4. The number of pyridine rings is 1. The summed E-state index contributed by atoms with van der Waals surface area (Å²) in [5.41, 5.74) is 22.2. The molecule has 0 amide bonds. The lowest BCUT2D eigenvalue weighted by Crippen LogP contribution is -2.25. The highest BCUT2D eigenvalue weighted by Gasteiger charge is 2.51. The first-order valence-corrected chi connectivity index (χ1v) is 25.7. The molecule has 3 aliphatic carbocycles. The van der Waals surface area contributed by atoms with Crippen LogP contribution in [0.5, 0.6) is 0 Å². The van der Waals surface area contributed by atoms with Crippen LogP contribution >= 0.6 is 0 Å². The van der Waals surface area contributed by atoms with Gasteiger partial charge in [-0.25, -0.2) is 4.98 Å². The summed E-state index contributed by atoms with van der Waals surface area (Å²) in [7, 11) is 0. The van der Waals surface area contributed by atoms with E-state index in [0.717, 1.165) is 23.2 Å². The number of fused-ring (bicyclic) bond motifs is 17. The van der Waals surface area contributed by atoms with Crippen LogP contribution in [0, 0.1) is 0 Å². The van der Waals surface area contributed by atoms with Gasteiger partial charge in [0.1, 0.15) is 0 Å². The molecule has 1 aromatic heterocycles. The van der Waals surface area contributed by atoms with Crippen LogP contribution in [0.4, 0.5) is 0 Å². The molecule has 1 atom stereocenters. The molecule has 0 aliphatic heterocycles. The van der Waals surface area contributed by atoms with Crippen LogP contribution in [0.3, 0.4) is 0 Å². The molecule has 12 aromatic carbocycles. The monoisotopic (exact) mass is 923 g/mol. The molecule has 1 spiro atoms. The van der Waals surface area contributed by atoms with E-state index in [9.17, 15) is 0 Å². The average Bonchev–Trinajstić information content (AvgIpc) is 3.93. The van der Waals surface area contributed by atoms with Crippen LogP contribution in [-0.2, 0) is 11.8 Å². The average molecular weight is 924 g/mol. The van der Waals surface area contributed by atoms with E-state index >= 15 is 0 Å². The smallest absolute Gasteiger partial charge is 0.0788 e. The van der Waals surface area contributed by atoms with Crippen LogP contribution in [0.2, 0.25) is 0 Å². The fourth-order valence-corrected chi connectivity index (χ4v) is 13.7. The molecule has 0 saturated heterocycles. The van der Waals surface area contributed by atoms with Crippen molar-refractivity contribution in [3.63, 3.8) is 0 Å². The van der Waals surface area contributed by atoms with Crippen molar-refractivity contribution in [3.8, 4) is 55.8 Å². The highest BCUT2D eigenvalue weighted by molar-refractivity contribution is 6.18. The van der Waals surface area contributed by atoms with Crippen molar-refractivity contribution < 1.29 is 0 Å². The lowest BCUT2D eigenvalue weighted by Gasteiger charge is -2.30. The Bertz CT molecular complexity index is 4500.